The molecule has 1 heterocycles. The summed E-state index contributed by atoms with van der Waals surface area (Å²) in [6, 6.07) is 17.7. The minimum absolute atomic E-state index is 0.379. The third-order valence-corrected chi connectivity index (χ3v) is 5.69. The molecular formula is C28H22O6. The molecule has 0 atom stereocenters. The van der Waals surface area contributed by atoms with E-state index >= 15 is 0 Å². The summed E-state index contributed by atoms with van der Waals surface area (Å²) in [6.45, 7) is 10.4. The predicted octanol–water partition coefficient (Wildman–Crippen LogP) is 4.95. The van der Waals surface area contributed by atoms with E-state index in [1.54, 1.807) is 50.2 Å². The Morgan fingerprint density at radius 2 is 1.32 bits per heavy atom. The van der Waals surface area contributed by atoms with Crippen molar-refractivity contribution in [3.63, 3.8) is 0 Å². The minimum atomic E-state index is -1.24. The molecule has 0 bridgehead atoms. The molecule has 6 heteroatoms. The van der Waals surface area contributed by atoms with Crippen LogP contribution in [0.4, 0.5) is 0 Å². The Labute approximate surface area is 197 Å². The van der Waals surface area contributed by atoms with E-state index in [4.69, 9.17) is 14.2 Å². The van der Waals surface area contributed by atoms with Crippen LogP contribution in [0.5, 0.6) is 11.5 Å². The lowest BCUT2D eigenvalue weighted by molar-refractivity contribution is -0.129. The Hall–Kier alpha value is -4.45. The number of rotatable bonds is 6. The highest BCUT2D eigenvalue weighted by molar-refractivity contribution is 5.96. The molecule has 4 rings (SSSR count). The summed E-state index contributed by atoms with van der Waals surface area (Å²) < 4.78 is 16.7. The average Bonchev–Trinajstić information content (AvgIpc) is 3.15. The van der Waals surface area contributed by atoms with Crippen molar-refractivity contribution in [3.8, 4) is 11.5 Å². The second kappa shape index (κ2) is 8.83. The van der Waals surface area contributed by atoms with Crippen LogP contribution in [0.3, 0.4) is 0 Å². The van der Waals surface area contributed by atoms with E-state index in [1.807, 2.05) is 24.3 Å². The van der Waals surface area contributed by atoms with Gasteiger partial charge >= 0.3 is 17.9 Å². The van der Waals surface area contributed by atoms with Gasteiger partial charge in [0, 0.05) is 28.8 Å². The van der Waals surface area contributed by atoms with E-state index in [9.17, 15) is 14.4 Å². The first-order chi connectivity index (χ1) is 16.3. The van der Waals surface area contributed by atoms with Crippen LogP contribution in [0.2, 0.25) is 0 Å². The van der Waals surface area contributed by atoms with E-state index in [0.29, 0.717) is 44.9 Å². The van der Waals surface area contributed by atoms with Gasteiger partial charge in [-0.3, -0.25) is 0 Å². The molecule has 0 saturated carbocycles. The summed E-state index contributed by atoms with van der Waals surface area (Å²) in [5.41, 5.74) is 2.62. The summed E-state index contributed by atoms with van der Waals surface area (Å²) in [4.78, 5) is 36.3. The number of esters is 3. The fourth-order valence-corrected chi connectivity index (χ4v) is 4.08. The number of ether oxygens (including phenoxy) is 3. The van der Waals surface area contributed by atoms with Crippen molar-refractivity contribution in [1.82, 2.24) is 0 Å². The van der Waals surface area contributed by atoms with Gasteiger partial charge in [0.25, 0.3) is 0 Å². The van der Waals surface area contributed by atoms with Crippen molar-refractivity contribution >= 4 is 17.9 Å². The summed E-state index contributed by atoms with van der Waals surface area (Å²) >= 11 is 0. The first kappa shape index (κ1) is 22.7. The van der Waals surface area contributed by atoms with Gasteiger partial charge in [0.05, 0.1) is 5.56 Å². The molecule has 3 aromatic rings. The number of benzene rings is 3. The van der Waals surface area contributed by atoms with Crippen molar-refractivity contribution in [2.24, 2.45) is 0 Å². The third kappa shape index (κ3) is 3.79. The highest BCUT2D eigenvalue weighted by atomic mass is 16.6. The molecule has 3 aromatic carbocycles. The van der Waals surface area contributed by atoms with Crippen LogP contribution in [0, 0.1) is 13.8 Å². The van der Waals surface area contributed by atoms with Crippen molar-refractivity contribution < 1.29 is 28.6 Å². The Morgan fingerprint density at radius 3 is 1.79 bits per heavy atom. The lowest BCUT2D eigenvalue weighted by atomic mass is 9.79. The quantitative estimate of drug-likeness (QED) is 0.298. The number of aryl methyl sites for hydroxylation is 2. The summed E-state index contributed by atoms with van der Waals surface area (Å²) in [5, 5.41) is 0. The van der Waals surface area contributed by atoms with E-state index in [2.05, 4.69) is 13.2 Å². The largest absolute Gasteiger partial charge is 0.441 e. The monoisotopic (exact) mass is 454 g/mol. The smallest absolute Gasteiger partial charge is 0.340 e. The molecule has 6 nitrogen and oxygen atoms in total. The summed E-state index contributed by atoms with van der Waals surface area (Å²) in [5.74, 6) is -0.823. The lowest BCUT2D eigenvalue weighted by Crippen LogP contribution is -2.30. The van der Waals surface area contributed by atoms with Gasteiger partial charge in [-0.1, -0.05) is 43.5 Å². The van der Waals surface area contributed by atoms with Crippen LogP contribution in [-0.2, 0) is 19.9 Å². The Balaban J connectivity index is 1.90. The van der Waals surface area contributed by atoms with Crippen LogP contribution in [0.25, 0.3) is 0 Å². The third-order valence-electron chi connectivity index (χ3n) is 5.69. The SMILES string of the molecule is C=CC(=O)Oc1ccc(C2(c3ccc(OC(=O)C=C)c(C)c3)OC(=O)c3ccccc32)cc1C. The second-order valence-electron chi connectivity index (χ2n) is 7.83. The fraction of sp³-hybridized carbons (Fsp3) is 0.107. The number of hydrogen-bond acceptors (Lipinski definition) is 6. The highest BCUT2D eigenvalue weighted by Gasteiger charge is 2.48. The number of cyclic esters (lactones) is 1. The Bertz CT molecular complexity index is 1280. The molecule has 0 N–H and O–H groups in total. The molecule has 0 amide bonds. The zero-order valence-corrected chi connectivity index (χ0v) is 18.8. The van der Waals surface area contributed by atoms with Crippen LogP contribution in [0.15, 0.2) is 86.0 Å². The molecule has 0 aliphatic carbocycles. The van der Waals surface area contributed by atoms with Crippen molar-refractivity contribution in [3.05, 3.63) is 119 Å². The maximum absolute atomic E-state index is 12.9. The van der Waals surface area contributed by atoms with Gasteiger partial charge in [0.15, 0.2) is 5.60 Å². The van der Waals surface area contributed by atoms with E-state index < -0.39 is 23.5 Å². The molecule has 1 aliphatic rings. The zero-order valence-electron chi connectivity index (χ0n) is 18.8. The van der Waals surface area contributed by atoms with Gasteiger partial charge < -0.3 is 14.2 Å². The molecule has 0 radical (unpaired) electrons. The predicted molar refractivity (Wildman–Crippen MR) is 126 cm³/mol. The summed E-state index contributed by atoms with van der Waals surface area (Å²) in [6.07, 6.45) is 2.18. The summed E-state index contributed by atoms with van der Waals surface area (Å²) in [7, 11) is 0. The van der Waals surface area contributed by atoms with Crippen LogP contribution >= 0.6 is 0 Å². The zero-order chi connectivity index (χ0) is 24.5. The number of carbonyl (C=O) groups excluding carboxylic acids is 3. The first-order valence-electron chi connectivity index (χ1n) is 10.5. The van der Waals surface area contributed by atoms with Crippen molar-refractivity contribution in [1.29, 1.82) is 0 Å². The molecule has 0 fully saturated rings. The molecule has 0 spiro atoms. The maximum Gasteiger partial charge on any atom is 0.340 e. The average molecular weight is 454 g/mol. The van der Waals surface area contributed by atoms with Crippen LogP contribution in [-0.4, -0.2) is 17.9 Å². The molecule has 170 valence electrons. The molecule has 0 unspecified atom stereocenters. The molecule has 0 saturated heterocycles. The standard InChI is InChI=1S/C28H22O6/c1-5-25(29)32-23-13-11-19(15-17(23)3)28(22-10-8-7-9-21(22)27(31)34-28)20-12-14-24(18(4)16-20)33-26(30)6-2/h5-16H,1-2H2,3-4H3. The molecule has 0 aromatic heterocycles. The van der Waals surface area contributed by atoms with E-state index in [0.717, 1.165) is 12.2 Å². The lowest BCUT2D eigenvalue weighted by Gasteiger charge is -2.31. The Morgan fingerprint density at radius 1 is 0.824 bits per heavy atom. The molecule has 1 aliphatic heterocycles. The van der Waals surface area contributed by atoms with E-state index in [1.165, 1.54) is 0 Å². The topological polar surface area (TPSA) is 78.9 Å². The van der Waals surface area contributed by atoms with Gasteiger partial charge in [0.1, 0.15) is 11.5 Å². The number of carbonyl (C=O) groups is 3. The molecule has 34 heavy (non-hydrogen) atoms. The van der Waals surface area contributed by atoms with Gasteiger partial charge in [0.2, 0.25) is 0 Å². The molecular weight excluding hydrogens is 432 g/mol. The number of hydrogen-bond donors (Lipinski definition) is 0. The van der Waals surface area contributed by atoms with Crippen molar-refractivity contribution in [2.75, 3.05) is 0 Å². The first-order valence-corrected chi connectivity index (χ1v) is 10.5. The number of fused-ring (bicyclic) bond motifs is 1. The minimum Gasteiger partial charge on any atom is -0.441 e. The van der Waals surface area contributed by atoms with Gasteiger partial charge in [-0.15, -0.1) is 0 Å². The van der Waals surface area contributed by atoms with Gasteiger partial charge in [-0.25, -0.2) is 14.4 Å². The second-order valence-corrected chi connectivity index (χ2v) is 7.83. The Kier molecular flexibility index (Phi) is 5.90. The fourth-order valence-electron chi connectivity index (χ4n) is 4.08. The maximum atomic E-state index is 12.9. The van der Waals surface area contributed by atoms with Crippen molar-refractivity contribution in [2.45, 2.75) is 19.4 Å². The normalized spacial score (nSPS) is 13.4. The highest BCUT2D eigenvalue weighted by Crippen LogP contribution is 2.48. The van der Waals surface area contributed by atoms with E-state index in [-0.39, 0.29) is 0 Å². The van der Waals surface area contributed by atoms with Crippen LogP contribution in [0.1, 0.15) is 38.2 Å². The van der Waals surface area contributed by atoms with Gasteiger partial charge in [-0.05, 0) is 55.3 Å². The van der Waals surface area contributed by atoms with Gasteiger partial charge in [-0.2, -0.15) is 0 Å². The van der Waals surface area contributed by atoms with Crippen LogP contribution < -0.4 is 9.47 Å².